The monoisotopic (exact) mass is 249 g/mol. The number of H-pyrrole nitrogens is 1. The molecule has 0 aliphatic rings. The molecule has 0 fully saturated rings. The molecule has 0 saturated carbocycles. The van der Waals surface area contributed by atoms with Gasteiger partial charge in [-0.1, -0.05) is 30.3 Å². The lowest BCUT2D eigenvalue weighted by atomic mass is 10.1. The predicted molar refractivity (Wildman–Crippen MR) is 70.0 cm³/mol. The second-order valence-corrected chi connectivity index (χ2v) is 3.67. The maximum Gasteiger partial charge on any atom is 0.182 e. The lowest BCUT2D eigenvalue weighted by Crippen LogP contribution is -1.92. The number of fused-ring (bicyclic) bond motifs is 1. The molecule has 0 radical (unpaired) electrons. The quantitative estimate of drug-likeness (QED) is 0.693. The molecular formula is C11H12ClN5. The molecule has 0 atom stereocenters. The van der Waals surface area contributed by atoms with Gasteiger partial charge in [0.15, 0.2) is 5.65 Å². The summed E-state index contributed by atoms with van der Waals surface area (Å²) < 4.78 is 1.73. The minimum absolute atomic E-state index is 0. The molecule has 1 aromatic carbocycles. The molecule has 0 saturated heterocycles. The number of rotatable bonds is 1. The van der Waals surface area contributed by atoms with Gasteiger partial charge in [-0.15, -0.1) is 12.4 Å². The first-order valence-electron chi connectivity index (χ1n) is 4.99. The Morgan fingerprint density at radius 3 is 2.65 bits per heavy atom. The Hall–Kier alpha value is -2.01. The molecule has 0 amide bonds. The maximum atomic E-state index is 5.86. The fourth-order valence-corrected chi connectivity index (χ4v) is 1.86. The van der Waals surface area contributed by atoms with Crippen LogP contribution >= 0.6 is 12.4 Å². The van der Waals surface area contributed by atoms with Gasteiger partial charge in [-0.2, -0.15) is 10.2 Å². The van der Waals surface area contributed by atoms with E-state index in [1.165, 1.54) is 0 Å². The number of nitrogens with one attached hydrogen (secondary N) is 1. The van der Waals surface area contributed by atoms with Crippen molar-refractivity contribution in [2.75, 3.05) is 5.73 Å². The van der Waals surface area contributed by atoms with Crippen LogP contribution in [0.25, 0.3) is 22.3 Å². The number of nitrogen functional groups attached to an aromatic ring is 1. The molecule has 0 bridgehead atoms. The van der Waals surface area contributed by atoms with Crippen molar-refractivity contribution in [3.8, 4) is 11.3 Å². The van der Waals surface area contributed by atoms with Crippen LogP contribution in [0.3, 0.4) is 0 Å². The lowest BCUT2D eigenvalue weighted by molar-refractivity contribution is 0.783. The summed E-state index contributed by atoms with van der Waals surface area (Å²) in [6, 6.07) is 9.95. The molecular weight excluding hydrogens is 238 g/mol. The van der Waals surface area contributed by atoms with Gasteiger partial charge < -0.3 is 5.73 Å². The van der Waals surface area contributed by atoms with Gasteiger partial charge in [0.2, 0.25) is 0 Å². The number of aryl methyl sites for hydroxylation is 1. The maximum absolute atomic E-state index is 5.86. The van der Waals surface area contributed by atoms with Gasteiger partial charge in [0, 0.05) is 12.6 Å². The highest BCUT2D eigenvalue weighted by Gasteiger charge is 2.15. The highest BCUT2D eigenvalue weighted by molar-refractivity contribution is 5.98. The molecule has 0 aliphatic carbocycles. The van der Waals surface area contributed by atoms with Crippen LogP contribution in [0, 0.1) is 0 Å². The Morgan fingerprint density at radius 1 is 1.24 bits per heavy atom. The second-order valence-electron chi connectivity index (χ2n) is 3.67. The summed E-state index contributed by atoms with van der Waals surface area (Å²) in [6.07, 6.45) is 0. The van der Waals surface area contributed by atoms with E-state index in [0.717, 1.165) is 22.3 Å². The molecule has 3 N–H and O–H groups in total. The average Bonchev–Trinajstić information content (AvgIpc) is 2.83. The van der Waals surface area contributed by atoms with E-state index in [2.05, 4.69) is 15.3 Å². The summed E-state index contributed by atoms with van der Waals surface area (Å²) in [7, 11) is 1.86. The number of anilines is 1. The summed E-state index contributed by atoms with van der Waals surface area (Å²) in [4.78, 5) is 0. The first-order valence-corrected chi connectivity index (χ1v) is 4.99. The Labute approximate surface area is 104 Å². The van der Waals surface area contributed by atoms with Crippen molar-refractivity contribution in [3.05, 3.63) is 30.3 Å². The van der Waals surface area contributed by atoms with Crippen LogP contribution in [0.15, 0.2) is 30.3 Å². The van der Waals surface area contributed by atoms with Gasteiger partial charge in [-0.25, -0.2) is 4.68 Å². The average molecular weight is 250 g/mol. The minimum atomic E-state index is 0. The molecule has 0 aliphatic heterocycles. The molecule has 6 heteroatoms. The number of nitrogens with two attached hydrogens (primary N) is 1. The Bertz CT molecular complexity index is 640. The summed E-state index contributed by atoms with van der Waals surface area (Å²) in [5.74, 6) is 0.557. The van der Waals surface area contributed by atoms with Gasteiger partial charge in [0.25, 0.3) is 0 Å². The van der Waals surface area contributed by atoms with E-state index in [9.17, 15) is 0 Å². The van der Waals surface area contributed by atoms with Gasteiger partial charge in [0.1, 0.15) is 11.5 Å². The van der Waals surface area contributed by atoms with E-state index >= 15 is 0 Å². The largest absolute Gasteiger partial charge is 0.383 e. The Balaban J connectivity index is 0.00000108. The number of aromatic nitrogens is 4. The zero-order valence-electron chi connectivity index (χ0n) is 9.21. The molecule has 3 rings (SSSR count). The molecule has 3 aromatic rings. The SMILES string of the molecule is Cl.Cn1nc(-c2ccccc2)c2c(N)[nH]nc21. The zero-order valence-corrected chi connectivity index (χ0v) is 10.0. The van der Waals surface area contributed by atoms with Gasteiger partial charge in [-0.3, -0.25) is 5.10 Å². The van der Waals surface area contributed by atoms with Crippen molar-refractivity contribution in [3.63, 3.8) is 0 Å². The van der Waals surface area contributed by atoms with Crippen molar-refractivity contribution >= 4 is 29.3 Å². The van der Waals surface area contributed by atoms with Crippen LogP contribution in [0.1, 0.15) is 0 Å². The third-order valence-corrected chi connectivity index (χ3v) is 2.62. The standard InChI is InChI=1S/C11H11N5.ClH/c1-16-11-8(10(12)13-14-11)9(15-16)7-5-3-2-4-6-7;/h2-6H,1H3,(H3,12,13,14);1H. The van der Waals surface area contributed by atoms with E-state index in [1.807, 2.05) is 37.4 Å². The minimum Gasteiger partial charge on any atom is -0.383 e. The van der Waals surface area contributed by atoms with Gasteiger partial charge in [0.05, 0.1) is 5.39 Å². The lowest BCUT2D eigenvalue weighted by Gasteiger charge is -1.96. The molecule has 2 aromatic heterocycles. The van der Waals surface area contributed by atoms with E-state index in [-0.39, 0.29) is 12.4 Å². The Kier molecular flexibility index (Phi) is 2.77. The van der Waals surface area contributed by atoms with Crippen molar-refractivity contribution in [2.24, 2.45) is 7.05 Å². The topological polar surface area (TPSA) is 72.5 Å². The van der Waals surface area contributed by atoms with Crippen molar-refractivity contribution in [2.45, 2.75) is 0 Å². The summed E-state index contributed by atoms with van der Waals surface area (Å²) in [6.45, 7) is 0. The number of hydrogen-bond donors (Lipinski definition) is 2. The van der Waals surface area contributed by atoms with Crippen LogP contribution in [-0.4, -0.2) is 20.0 Å². The smallest absolute Gasteiger partial charge is 0.182 e. The fraction of sp³-hybridized carbons (Fsp3) is 0.0909. The van der Waals surface area contributed by atoms with Gasteiger partial charge in [-0.05, 0) is 0 Å². The molecule has 0 spiro atoms. The first kappa shape index (κ1) is 11.5. The molecule has 5 nitrogen and oxygen atoms in total. The summed E-state index contributed by atoms with van der Waals surface area (Å²) >= 11 is 0. The second kappa shape index (κ2) is 4.10. The van der Waals surface area contributed by atoms with Gasteiger partial charge >= 0.3 is 0 Å². The van der Waals surface area contributed by atoms with E-state index < -0.39 is 0 Å². The third kappa shape index (κ3) is 1.64. The zero-order chi connectivity index (χ0) is 11.1. The molecule has 17 heavy (non-hydrogen) atoms. The summed E-state index contributed by atoms with van der Waals surface area (Å²) in [5.41, 5.74) is 8.54. The van der Waals surface area contributed by atoms with Crippen molar-refractivity contribution in [1.29, 1.82) is 0 Å². The van der Waals surface area contributed by atoms with Crippen molar-refractivity contribution in [1.82, 2.24) is 20.0 Å². The number of nitrogens with zero attached hydrogens (tertiary/aromatic N) is 3. The molecule has 2 heterocycles. The number of hydrogen-bond acceptors (Lipinski definition) is 3. The number of aromatic amines is 1. The number of benzene rings is 1. The third-order valence-electron chi connectivity index (χ3n) is 2.62. The molecule has 0 unspecified atom stereocenters. The highest BCUT2D eigenvalue weighted by atomic mass is 35.5. The van der Waals surface area contributed by atoms with E-state index in [0.29, 0.717) is 5.82 Å². The summed E-state index contributed by atoms with van der Waals surface area (Å²) in [5, 5.41) is 12.2. The predicted octanol–water partition coefficient (Wildman–Crippen LogP) is 1.97. The van der Waals surface area contributed by atoms with Crippen LogP contribution in [-0.2, 0) is 7.05 Å². The van der Waals surface area contributed by atoms with Crippen molar-refractivity contribution < 1.29 is 0 Å². The van der Waals surface area contributed by atoms with Crippen LogP contribution < -0.4 is 5.73 Å². The fourth-order valence-electron chi connectivity index (χ4n) is 1.86. The van der Waals surface area contributed by atoms with E-state index in [1.54, 1.807) is 4.68 Å². The van der Waals surface area contributed by atoms with Crippen LogP contribution in [0.2, 0.25) is 0 Å². The van der Waals surface area contributed by atoms with Crippen LogP contribution in [0.5, 0.6) is 0 Å². The number of halogens is 1. The normalized spacial score (nSPS) is 10.4. The Morgan fingerprint density at radius 2 is 1.94 bits per heavy atom. The first-order chi connectivity index (χ1) is 7.77. The van der Waals surface area contributed by atoms with Crippen LogP contribution in [0.4, 0.5) is 5.82 Å². The van der Waals surface area contributed by atoms with E-state index in [4.69, 9.17) is 5.73 Å². The molecule has 88 valence electrons. The highest BCUT2D eigenvalue weighted by Crippen LogP contribution is 2.29.